The van der Waals surface area contributed by atoms with Crippen LogP contribution in [-0.4, -0.2) is 34.6 Å². The highest BCUT2D eigenvalue weighted by Crippen LogP contribution is 2.36. The molecule has 2 fully saturated rings. The number of aromatic nitrogens is 3. The normalized spacial score (nSPS) is 26.3. The summed E-state index contributed by atoms with van der Waals surface area (Å²) >= 11 is 0. The average molecular weight is 349 g/mol. The van der Waals surface area contributed by atoms with Gasteiger partial charge in [0.2, 0.25) is 5.69 Å². The van der Waals surface area contributed by atoms with E-state index >= 15 is 0 Å². The van der Waals surface area contributed by atoms with Crippen molar-refractivity contribution in [1.29, 1.82) is 0 Å². The van der Waals surface area contributed by atoms with Crippen LogP contribution in [0.25, 0.3) is 0 Å². The van der Waals surface area contributed by atoms with Crippen LogP contribution in [0.5, 0.6) is 5.88 Å². The van der Waals surface area contributed by atoms with Crippen LogP contribution < -0.4 is 4.74 Å². The molecule has 0 unspecified atom stereocenters. The van der Waals surface area contributed by atoms with Gasteiger partial charge in [0, 0.05) is 0 Å². The molecule has 2 aliphatic rings. The van der Waals surface area contributed by atoms with E-state index in [0.29, 0.717) is 0 Å². The summed E-state index contributed by atoms with van der Waals surface area (Å²) in [6, 6.07) is 0. The molecule has 0 atom stereocenters. The fourth-order valence-corrected chi connectivity index (χ4v) is 4.57. The van der Waals surface area contributed by atoms with E-state index in [9.17, 15) is 4.79 Å². The third-order valence-corrected chi connectivity index (χ3v) is 5.95. The number of carbonyl (C=O) groups is 1. The first-order valence-corrected chi connectivity index (χ1v) is 9.94. The second-order valence-electron chi connectivity index (χ2n) is 7.60. The van der Waals surface area contributed by atoms with Gasteiger partial charge in [-0.25, -0.2) is 9.89 Å². The molecular weight excluding hydrogens is 318 g/mol. The smallest absolute Gasteiger partial charge is 0.361 e. The minimum atomic E-state index is -0.487. The Morgan fingerprint density at radius 3 is 2.12 bits per heavy atom. The zero-order valence-electron chi connectivity index (χ0n) is 15.3. The molecule has 1 heterocycles. The van der Waals surface area contributed by atoms with Crippen molar-refractivity contribution in [2.24, 2.45) is 11.8 Å². The topological polar surface area (TPSA) is 77.1 Å². The van der Waals surface area contributed by atoms with Gasteiger partial charge in [0.15, 0.2) is 0 Å². The van der Waals surface area contributed by atoms with Crippen molar-refractivity contribution in [3.05, 3.63) is 5.69 Å². The zero-order valence-corrected chi connectivity index (χ0v) is 15.3. The molecule has 0 aliphatic heterocycles. The summed E-state index contributed by atoms with van der Waals surface area (Å²) in [4.78, 5) is 11.7. The summed E-state index contributed by atoms with van der Waals surface area (Å²) in [5.74, 6) is 1.63. The minimum absolute atomic E-state index is 0.114. The molecule has 0 aromatic carbocycles. The van der Waals surface area contributed by atoms with Gasteiger partial charge in [-0.15, -0.1) is 0 Å². The molecule has 0 radical (unpaired) electrons. The molecule has 140 valence electrons. The lowest BCUT2D eigenvalue weighted by atomic mass is 9.78. The molecule has 0 saturated heterocycles. The van der Waals surface area contributed by atoms with E-state index in [1.54, 1.807) is 0 Å². The first-order valence-electron chi connectivity index (χ1n) is 9.94. The second kappa shape index (κ2) is 9.20. The number of methoxy groups -OCH3 is 1. The van der Waals surface area contributed by atoms with Crippen LogP contribution in [0.15, 0.2) is 0 Å². The Labute approximate surface area is 150 Å². The Hall–Kier alpha value is -1.59. The second-order valence-corrected chi connectivity index (χ2v) is 7.60. The number of nitrogens with one attached hydrogen (secondary N) is 1. The summed E-state index contributed by atoms with van der Waals surface area (Å²) in [5.41, 5.74) is 0.209. The van der Waals surface area contributed by atoms with Crippen molar-refractivity contribution in [3.63, 3.8) is 0 Å². The lowest BCUT2D eigenvalue weighted by molar-refractivity contribution is 0.0583. The molecule has 1 N–H and O–H groups in total. The summed E-state index contributed by atoms with van der Waals surface area (Å²) in [6.07, 6.45) is 15.8. The number of ether oxygens (including phenoxy) is 2. The van der Waals surface area contributed by atoms with Gasteiger partial charge >= 0.3 is 5.97 Å². The Balaban J connectivity index is 1.51. The molecule has 0 spiro atoms. The van der Waals surface area contributed by atoms with Gasteiger partial charge in [0.05, 0.1) is 7.11 Å². The number of hydrogen-bond donors (Lipinski definition) is 1. The fourth-order valence-electron chi connectivity index (χ4n) is 4.57. The first kappa shape index (κ1) is 18.2. The van der Waals surface area contributed by atoms with Gasteiger partial charge in [-0.1, -0.05) is 61.7 Å². The number of carbonyl (C=O) groups excluding carboxylic acids is 1. The van der Waals surface area contributed by atoms with E-state index in [1.807, 2.05) is 0 Å². The number of hydrogen-bond acceptors (Lipinski definition) is 5. The molecule has 0 bridgehead atoms. The van der Waals surface area contributed by atoms with E-state index in [-0.39, 0.29) is 17.7 Å². The van der Waals surface area contributed by atoms with Gasteiger partial charge in [-0.05, 0) is 37.5 Å². The summed E-state index contributed by atoms with van der Waals surface area (Å²) in [6.45, 7) is 0. The van der Waals surface area contributed by atoms with E-state index in [2.05, 4.69) is 15.4 Å². The maximum Gasteiger partial charge on any atom is 0.361 e. The summed E-state index contributed by atoms with van der Waals surface area (Å²) in [5, 5.41) is 10.2. The van der Waals surface area contributed by atoms with Gasteiger partial charge in [0.25, 0.3) is 5.88 Å². The molecular formula is C19H31N3O3. The number of H-pyrrole nitrogens is 1. The van der Waals surface area contributed by atoms with Gasteiger partial charge in [0.1, 0.15) is 6.10 Å². The van der Waals surface area contributed by atoms with Gasteiger partial charge in [-0.2, -0.15) is 0 Å². The molecule has 1 aromatic heterocycles. The van der Waals surface area contributed by atoms with Crippen molar-refractivity contribution in [3.8, 4) is 5.88 Å². The van der Waals surface area contributed by atoms with Gasteiger partial charge in [-0.3, -0.25) is 0 Å². The van der Waals surface area contributed by atoms with Gasteiger partial charge < -0.3 is 9.47 Å². The standard InChI is InChI=1S/C19H31N3O3/c1-24-19(23)17-18(21-22-20-17)25-16-12-6-10-15(11-7-13-16)14-8-4-2-3-5-9-14/h14-16H,2-13H2,1H3,(H,20,21,22). The van der Waals surface area contributed by atoms with Crippen molar-refractivity contribution < 1.29 is 14.3 Å². The Kier molecular flexibility index (Phi) is 6.70. The zero-order chi connectivity index (χ0) is 17.5. The largest absolute Gasteiger partial charge is 0.472 e. The number of esters is 1. The van der Waals surface area contributed by atoms with E-state index in [4.69, 9.17) is 9.47 Å². The highest BCUT2D eigenvalue weighted by molar-refractivity contribution is 5.89. The average Bonchev–Trinajstić information content (AvgIpc) is 2.88. The van der Waals surface area contributed by atoms with Crippen LogP contribution in [0, 0.1) is 11.8 Å². The van der Waals surface area contributed by atoms with Crippen molar-refractivity contribution >= 4 is 5.97 Å². The Morgan fingerprint density at radius 2 is 1.52 bits per heavy atom. The van der Waals surface area contributed by atoms with Crippen LogP contribution in [-0.2, 0) is 4.74 Å². The maximum atomic E-state index is 11.7. The van der Waals surface area contributed by atoms with Crippen molar-refractivity contribution in [2.45, 2.75) is 83.2 Å². The summed E-state index contributed by atoms with van der Waals surface area (Å²) in [7, 11) is 1.34. The van der Waals surface area contributed by atoms with E-state index in [0.717, 1.165) is 24.7 Å². The predicted molar refractivity (Wildman–Crippen MR) is 94.5 cm³/mol. The van der Waals surface area contributed by atoms with Crippen molar-refractivity contribution in [1.82, 2.24) is 15.4 Å². The van der Waals surface area contributed by atoms with Crippen LogP contribution >= 0.6 is 0 Å². The maximum absolute atomic E-state index is 11.7. The lowest BCUT2D eigenvalue weighted by Gasteiger charge is -2.30. The number of nitrogens with zero attached hydrogens (tertiary/aromatic N) is 2. The van der Waals surface area contributed by atoms with Crippen LogP contribution in [0.2, 0.25) is 0 Å². The molecule has 6 nitrogen and oxygen atoms in total. The highest BCUT2D eigenvalue weighted by Gasteiger charge is 2.26. The first-order chi connectivity index (χ1) is 12.3. The lowest BCUT2D eigenvalue weighted by Crippen LogP contribution is -2.23. The van der Waals surface area contributed by atoms with E-state index < -0.39 is 5.97 Å². The van der Waals surface area contributed by atoms with E-state index in [1.165, 1.54) is 71.3 Å². The molecule has 3 rings (SSSR count). The number of rotatable bonds is 4. The van der Waals surface area contributed by atoms with Crippen LogP contribution in [0.3, 0.4) is 0 Å². The van der Waals surface area contributed by atoms with Crippen LogP contribution in [0.4, 0.5) is 0 Å². The Morgan fingerprint density at radius 1 is 0.920 bits per heavy atom. The van der Waals surface area contributed by atoms with Crippen LogP contribution in [0.1, 0.15) is 87.5 Å². The fraction of sp³-hybridized carbons (Fsp3) is 0.842. The molecule has 2 saturated carbocycles. The van der Waals surface area contributed by atoms with Crippen molar-refractivity contribution in [2.75, 3.05) is 7.11 Å². The number of aromatic amines is 1. The third-order valence-electron chi connectivity index (χ3n) is 5.95. The quantitative estimate of drug-likeness (QED) is 0.648. The Bertz CT molecular complexity index is 528. The summed E-state index contributed by atoms with van der Waals surface area (Å²) < 4.78 is 10.7. The molecule has 25 heavy (non-hydrogen) atoms. The minimum Gasteiger partial charge on any atom is -0.472 e. The predicted octanol–water partition coefficient (Wildman–Crippen LogP) is 4.28. The molecule has 2 aliphatic carbocycles. The molecule has 1 aromatic rings. The SMILES string of the molecule is COC(=O)c1[nH]nnc1OC1CCCC(C2CCCCCC2)CCC1. The molecule has 6 heteroatoms. The molecule has 0 amide bonds. The third kappa shape index (κ3) is 4.95. The monoisotopic (exact) mass is 349 g/mol. The highest BCUT2D eigenvalue weighted by atomic mass is 16.5.